The zero-order valence-corrected chi connectivity index (χ0v) is 11.7. The van der Waals surface area contributed by atoms with Crippen LogP contribution in [0.4, 0.5) is 4.79 Å². The van der Waals surface area contributed by atoms with Gasteiger partial charge in [-0.15, -0.1) is 0 Å². The summed E-state index contributed by atoms with van der Waals surface area (Å²) in [6.07, 6.45) is 1.80. The highest BCUT2D eigenvalue weighted by atomic mass is 16.4. The number of nitrogens with one attached hydrogen (secondary N) is 3. The Morgan fingerprint density at radius 2 is 1.74 bits per heavy atom. The predicted molar refractivity (Wildman–Crippen MR) is 70.8 cm³/mol. The normalized spacial score (nSPS) is 13.2. The second-order valence-corrected chi connectivity index (χ2v) is 4.31. The van der Waals surface area contributed by atoms with E-state index in [1.54, 1.807) is 6.92 Å². The molecule has 110 valence electrons. The summed E-state index contributed by atoms with van der Waals surface area (Å²) >= 11 is 0. The number of carbonyl (C=O) groups excluding carboxylic acids is 2. The molecule has 0 bridgehead atoms. The molecule has 0 rings (SSSR count). The van der Waals surface area contributed by atoms with Crippen molar-refractivity contribution in [3.63, 3.8) is 0 Å². The molecule has 7 heteroatoms. The SMILES string of the molecule is CCCNC(=O)C(C)NC(=O)NC(CCC)C(=O)O. The maximum atomic E-state index is 11.6. The molecule has 7 nitrogen and oxygen atoms in total. The molecule has 0 spiro atoms. The molecule has 0 aliphatic rings. The molecule has 0 heterocycles. The molecule has 0 fully saturated rings. The minimum absolute atomic E-state index is 0.292. The summed E-state index contributed by atoms with van der Waals surface area (Å²) in [5.41, 5.74) is 0. The van der Waals surface area contributed by atoms with E-state index in [1.807, 2.05) is 13.8 Å². The van der Waals surface area contributed by atoms with Gasteiger partial charge in [0.2, 0.25) is 5.91 Å². The first-order chi connectivity index (χ1) is 8.92. The molecular formula is C12H23N3O4. The van der Waals surface area contributed by atoms with Crippen molar-refractivity contribution in [1.29, 1.82) is 0 Å². The van der Waals surface area contributed by atoms with E-state index in [1.165, 1.54) is 0 Å². The van der Waals surface area contributed by atoms with E-state index in [0.29, 0.717) is 19.4 Å². The quantitative estimate of drug-likeness (QED) is 0.515. The predicted octanol–water partition coefficient (Wildman–Crippen LogP) is 0.454. The van der Waals surface area contributed by atoms with Gasteiger partial charge in [-0.3, -0.25) is 4.79 Å². The highest BCUT2D eigenvalue weighted by Crippen LogP contribution is 1.96. The smallest absolute Gasteiger partial charge is 0.326 e. The van der Waals surface area contributed by atoms with E-state index >= 15 is 0 Å². The summed E-state index contributed by atoms with van der Waals surface area (Å²) in [7, 11) is 0. The maximum absolute atomic E-state index is 11.6. The van der Waals surface area contributed by atoms with Crippen LogP contribution in [0, 0.1) is 0 Å². The van der Waals surface area contributed by atoms with E-state index in [4.69, 9.17) is 5.11 Å². The highest BCUT2D eigenvalue weighted by molar-refractivity contribution is 5.88. The van der Waals surface area contributed by atoms with Crippen LogP contribution < -0.4 is 16.0 Å². The van der Waals surface area contributed by atoms with E-state index in [-0.39, 0.29) is 5.91 Å². The molecule has 0 radical (unpaired) electrons. The lowest BCUT2D eigenvalue weighted by Gasteiger charge is -2.17. The first-order valence-electron chi connectivity index (χ1n) is 6.49. The number of aliphatic carboxylic acids is 1. The van der Waals surface area contributed by atoms with Gasteiger partial charge in [0.15, 0.2) is 0 Å². The number of carboxylic acids is 1. The molecule has 0 aromatic carbocycles. The van der Waals surface area contributed by atoms with Crippen molar-refractivity contribution >= 4 is 17.9 Å². The van der Waals surface area contributed by atoms with Crippen LogP contribution in [0.5, 0.6) is 0 Å². The fourth-order valence-electron chi connectivity index (χ4n) is 1.41. The van der Waals surface area contributed by atoms with Crippen LogP contribution >= 0.6 is 0 Å². The molecule has 2 atom stereocenters. The first kappa shape index (κ1) is 17.2. The van der Waals surface area contributed by atoms with E-state index in [2.05, 4.69) is 16.0 Å². The van der Waals surface area contributed by atoms with Gasteiger partial charge in [-0.05, 0) is 19.8 Å². The highest BCUT2D eigenvalue weighted by Gasteiger charge is 2.21. The topological polar surface area (TPSA) is 108 Å². The van der Waals surface area contributed by atoms with Crippen LogP contribution in [0.1, 0.15) is 40.0 Å². The van der Waals surface area contributed by atoms with Crippen LogP contribution in [0.2, 0.25) is 0 Å². The second kappa shape index (κ2) is 9.18. The number of carboxylic acid groups (broad SMARTS) is 1. The summed E-state index contributed by atoms with van der Waals surface area (Å²) in [6.45, 7) is 5.84. The fourth-order valence-corrected chi connectivity index (χ4v) is 1.41. The second-order valence-electron chi connectivity index (χ2n) is 4.31. The Balaban J connectivity index is 4.21. The molecule has 0 aromatic heterocycles. The van der Waals surface area contributed by atoms with E-state index in [9.17, 15) is 14.4 Å². The molecule has 3 amide bonds. The van der Waals surface area contributed by atoms with Crippen molar-refractivity contribution in [3.8, 4) is 0 Å². The van der Waals surface area contributed by atoms with Crippen LogP contribution in [0.25, 0.3) is 0 Å². The summed E-state index contributed by atoms with van der Waals surface area (Å²) in [6, 6.07) is -2.29. The summed E-state index contributed by atoms with van der Waals surface area (Å²) < 4.78 is 0. The summed E-state index contributed by atoms with van der Waals surface area (Å²) in [5.74, 6) is -1.38. The lowest BCUT2D eigenvalue weighted by molar-refractivity contribution is -0.139. The van der Waals surface area contributed by atoms with Crippen LogP contribution in [-0.4, -0.2) is 41.6 Å². The van der Waals surface area contributed by atoms with E-state index < -0.39 is 24.1 Å². The average molecular weight is 273 g/mol. The lowest BCUT2D eigenvalue weighted by Crippen LogP contribution is -2.52. The number of hydrogen-bond donors (Lipinski definition) is 4. The molecule has 0 aromatic rings. The monoisotopic (exact) mass is 273 g/mol. The van der Waals surface area contributed by atoms with Crippen LogP contribution in [0.3, 0.4) is 0 Å². The molecule has 0 saturated carbocycles. The fraction of sp³-hybridized carbons (Fsp3) is 0.750. The molecule has 4 N–H and O–H groups in total. The lowest BCUT2D eigenvalue weighted by atomic mass is 10.2. The molecule has 2 unspecified atom stereocenters. The third-order valence-electron chi connectivity index (χ3n) is 2.47. The van der Waals surface area contributed by atoms with Crippen molar-refractivity contribution in [1.82, 2.24) is 16.0 Å². The Kier molecular flexibility index (Phi) is 8.32. The molecule has 19 heavy (non-hydrogen) atoms. The standard InChI is InChI=1S/C12H23N3O4/c1-4-6-9(11(17)18)15-12(19)14-8(3)10(16)13-7-5-2/h8-9H,4-7H2,1-3H3,(H,13,16)(H,17,18)(H2,14,15,19). The number of hydrogen-bond acceptors (Lipinski definition) is 3. The van der Waals surface area contributed by atoms with Crippen molar-refractivity contribution in [3.05, 3.63) is 0 Å². The van der Waals surface area contributed by atoms with Gasteiger partial charge in [-0.25, -0.2) is 9.59 Å². The largest absolute Gasteiger partial charge is 0.480 e. The van der Waals surface area contributed by atoms with Gasteiger partial charge in [-0.1, -0.05) is 20.3 Å². The number of urea groups is 1. The number of amides is 3. The van der Waals surface area contributed by atoms with Crippen LogP contribution in [0.15, 0.2) is 0 Å². The Morgan fingerprint density at radius 1 is 1.11 bits per heavy atom. The van der Waals surface area contributed by atoms with Crippen molar-refractivity contribution < 1.29 is 19.5 Å². The van der Waals surface area contributed by atoms with Gasteiger partial charge >= 0.3 is 12.0 Å². The Bertz CT molecular complexity index is 320. The Labute approximate surface area is 113 Å². The first-order valence-corrected chi connectivity index (χ1v) is 6.49. The molecule has 0 saturated heterocycles. The van der Waals surface area contributed by atoms with Gasteiger partial charge in [0.1, 0.15) is 12.1 Å². The Morgan fingerprint density at radius 3 is 2.21 bits per heavy atom. The zero-order chi connectivity index (χ0) is 14.8. The minimum Gasteiger partial charge on any atom is -0.480 e. The number of carbonyl (C=O) groups is 3. The molecule has 0 aliphatic carbocycles. The van der Waals surface area contributed by atoms with Gasteiger partial charge in [0.25, 0.3) is 0 Å². The molecular weight excluding hydrogens is 250 g/mol. The van der Waals surface area contributed by atoms with Gasteiger partial charge in [0, 0.05) is 6.54 Å². The summed E-state index contributed by atoms with van der Waals surface area (Å²) in [4.78, 5) is 33.9. The summed E-state index contributed by atoms with van der Waals surface area (Å²) in [5, 5.41) is 16.3. The van der Waals surface area contributed by atoms with E-state index in [0.717, 1.165) is 6.42 Å². The van der Waals surface area contributed by atoms with Crippen molar-refractivity contribution in [2.75, 3.05) is 6.54 Å². The molecule has 0 aliphatic heterocycles. The average Bonchev–Trinajstić information content (AvgIpc) is 2.34. The maximum Gasteiger partial charge on any atom is 0.326 e. The van der Waals surface area contributed by atoms with Crippen molar-refractivity contribution in [2.24, 2.45) is 0 Å². The van der Waals surface area contributed by atoms with Crippen LogP contribution in [-0.2, 0) is 9.59 Å². The Hall–Kier alpha value is -1.79. The minimum atomic E-state index is -1.08. The van der Waals surface area contributed by atoms with Gasteiger partial charge < -0.3 is 21.1 Å². The zero-order valence-electron chi connectivity index (χ0n) is 11.7. The van der Waals surface area contributed by atoms with Crippen molar-refractivity contribution in [2.45, 2.75) is 52.1 Å². The van der Waals surface area contributed by atoms with Gasteiger partial charge in [-0.2, -0.15) is 0 Å². The third-order valence-corrected chi connectivity index (χ3v) is 2.47. The third kappa shape index (κ3) is 7.28. The van der Waals surface area contributed by atoms with Gasteiger partial charge in [0.05, 0.1) is 0 Å². The number of rotatable bonds is 8.